The molecule has 0 aliphatic rings. The van der Waals surface area contributed by atoms with Gasteiger partial charge in [-0.25, -0.2) is 18.4 Å². The molecule has 0 aliphatic heterocycles. The van der Waals surface area contributed by atoms with Gasteiger partial charge in [-0.3, -0.25) is 0 Å². The first-order chi connectivity index (χ1) is 11.0. The van der Waals surface area contributed by atoms with Gasteiger partial charge in [0.2, 0.25) is 0 Å². The number of halogens is 2. The number of carbonyl (C=O) groups excluding carboxylic acids is 2. The summed E-state index contributed by atoms with van der Waals surface area (Å²) in [5.74, 6) is -3.20. The number of hydrogen-bond donors (Lipinski definition) is 0. The summed E-state index contributed by atoms with van der Waals surface area (Å²) >= 11 is 0. The molecule has 0 spiro atoms. The summed E-state index contributed by atoms with van der Waals surface area (Å²) in [6.07, 6.45) is 0.709. The minimum atomic E-state index is -0.846. The molecule has 0 atom stereocenters. The molecule has 6 heteroatoms. The lowest BCUT2D eigenvalue weighted by Gasteiger charge is -2.06. The lowest BCUT2D eigenvalue weighted by Crippen LogP contribution is -2.10. The molecule has 0 N–H and O–H groups in total. The summed E-state index contributed by atoms with van der Waals surface area (Å²) < 4.78 is 35.9. The van der Waals surface area contributed by atoms with Gasteiger partial charge in [0.25, 0.3) is 0 Å². The Balaban J connectivity index is 2.06. The molecule has 0 aromatic heterocycles. The molecule has 2 rings (SSSR count). The van der Waals surface area contributed by atoms with Gasteiger partial charge in [0.05, 0.1) is 17.7 Å². The summed E-state index contributed by atoms with van der Waals surface area (Å²) in [6, 6.07) is 8.06. The van der Waals surface area contributed by atoms with E-state index in [9.17, 15) is 18.4 Å². The van der Waals surface area contributed by atoms with Crippen LogP contribution < -0.4 is 4.74 Å². The van der Waals surface area contributed by atoms with Crippen molar-refractivity contribution in [3.8, 4) is 5.75 Å². The van der Waals surface area contributed by atoms with Crippen molar-refractivity contribution in [3.05, 3.63) is 65.2 Å². The summed E-state index contributed by atoms with van der Waals surface area (Å²) in [4.78, 5) is 23.5. The van der Waals surface area contributed by atoms with Crippen LogP contribution >= 0.6 is 0 Å². The van der Waals surface area contributed by atoms with Crippen molar-refractivity contribution in [3.63, 3.8) is 0 Å². The zero-order valence-electron chi connectivity index (χ0n) is 12.3. The molecule has 0 unspecified atom stereocenters. The Labute approximate surface area is 131 Å². The van der Waals surface area contributed by atoms with Gasteiger partial charge in [-0.15, -0.1) is 0 Å². The third kappa shape index (κ3) is 4.60. The normalized spacial score (nSPS) is 10.2. The van der Waals surface area contributed by atoms with Gasteiger partial charge >= 0.3 is 11.9 Å². The van der Waals surface area contributed by atoms with Crippen LogP contribution in [0.5, 0.6) is 5.75 Å². The maximum atomic E-state index is 13.0. The van der Waals surface area contributed by atoms with Crippen molar-refractivity contribution in [1.82, 2.24) is 0 Å². The largest absolute Gasteiger partial charge is 0.462 e. The molecule has 0 saturated heterocycles. The highest BCUT2D eigenvalue weighted by molar-refractivity contribution is 5.94. The standard InChI is InChI=1S/C17H14F2O4/c1-2-7-22-16(20)11-3-5-12(6-4-11)17(21)23-15-9-13(18)8-14(19)10-15/h3-6,8-10H,2,7H2,1H3. The van der Waals surface area contributed by atoms with E-state index in [4.69, 9.17) is 9.47 Å². The van der Waals surface area contributed by atoms with E-state index >= 15 is 0 Å². The van der Waals surface area contributed by atoms with Crippen molar-refractivity contribution in [1.29, 1.82) is 0 Å². The third-order valence-electron chi connectivity index (χ3n) is 2.84. The van der Waals surface area contributed by atoms with Crippen LogP contribution in [0.25, 0.3) is 0 Å². The minimum Gasteiger partial charge on any atom is -0.462 e. The van der Waals surface area contributed by atoms with Crippen LogP contribution in [0.1, 0.15) is 34.1 Å². The summed E-state index contributed by atoms with van der Waals surface area (Å²) in [5, 5.41) is 0. The fraction of sp³-hybridized carbons (Fsp3) is 0.176. The van der Waals surface area contributed by atoms with E-state index in [1.165, 1.54) is 24.3 Å². The maximum absolute atomic E-state index is 13.0. The molecule has 0 saturated carbocycles. The van der Waals surface area contributed by atoms with Gasteiger partial charge in [0, 0.05) is 18.2 Å². The summed E-state index contributed by atoms with van der Waals surface area (Å²) in [5.41, 5.74) is 0.438. The monoisotopic (exact) mass is 320 g/mol. The Morgan fingerprint density at radius 3 is 1.96 bits per heavy atom. The van der Waals surface area contributed by atoms with Gasteiger partial charge in [-0.05, 0) is 30.7 Å². The van der Waals surface area contributed by atoms with E-state index in [1.54, 1.807) is 0 Å². The van der Waals surface area contributed by atoms with Crippen LogP contribution in [0, 0.1) is 11.6 Å². The number of hydrogen-bond acceptors (Lipinski definition) is 4. The van der Waals surface area contributed by atoms with Gasteiger partial charge in [0.15, 0.2) is 0 Å². The van der Waals surface area contributed by atoms with Crippen LogP contribution in [0.2, 0.25) is 0 Å². The molecule has 2 aromatic carbocycles. The van der Waals surface area contributed by atoms with Crippen LogP contribution in [0.4, 0.5) is 8.78 Å². The van der Waals surface area contributed by atoms with E-state index in [0.29, 0.717) is 24.7 Å². The highest BCUT2D eigenvalue weighted by Crippen LogP contribution is 2.17. The number of ether oxygens (including phenoxy) is 2. The molecule has 0 fully saturated rings. The molecule has 23 heavy (non-hydrogen) atoms. The molecule has 0 aliphatic carbocycles. The predicted molar refractivity (Wildman–Crippen MR) is 78.3 cm³/mol. The third-order valence-corrected chi connectivity index (χ3v) is 2.84. The second kappa shape index (κ2) is 7.49. The lowest BCUT2D eigenvalue weighted by molar-refractivity contribution is 0.0504. The topological polar surface area (TPSA) is 52.6 Å². The second-order valence-electron chi connectivity index (χ2n) is 4.71. The Kier molecular flexibility index (Phi) is 5.41. The van der Waals surface area contributed by atoms with Crippen molar-refractivity contribution in [2.75, 3.05) is 6.61 Å². The number of rotatable bonds is 5. The van der Waals surface area contributed by atoms with Crippen molar-refractivity contribution in [2.24, 2.45) is 0 Å². The first-order valence-electron chi connectivity index (χ1n) is 6.95. The van der Waals surface area contributed by atoms with E-state index in [0.717, 1.165) is 12.1 Å². The van der Waals surface area contributed by atoms with Gasteiger partial charge in [-0.1, -0.05) is 6.92 Å². The molecule has 0 radical (unpaired) electrons. The Hall–Kier alpha value is -2.76. The van der Waals surface area contributed by atoms with Gasteiger partial charge in [0.1, 0.15) is 17.4 Å². The number of esters is 2. The first kappa shape index (κ1) is 16.6. The van der Waals surface area contributed by atoms with Crippen molar-refractivity contribution >= 4 is 11.9 Å². The molecule has 0 bridgehead atoms. The number of benzene rings is 2. The average Bonchev–Trinajstić information content (AvgIpc) is 2.51. The molecular formula is C17H14F2O4. The molecule has 0 amide bonds. The van der Waals surface area contributed by atoms with Crippen LogP contribution in [0.3, 0.4) is 0 Å². The number of carbonyl (C=O) groups is 2. The van der Waals surface area contributed by atoms with Crippen molar-refractivity contribution in [2.45, 2.75) is 13.3 Å². The smallest absolute Gasteiger partial charge is 0.343 e. The fourth-order valence-corrected chi connectivity index (χ4v) is 1.77. The summed E-state index contributed by atoms with van der Waals surface area (Å²) in [6.45, 7) is 2.19. The Bertz CT molecular complexity index is 691. The predicted octanol–water partition coefficient (Wildman–Crippen LogP) is 3.75. The molecule has 120 valence electrons. The van der Waals surface area contributed by atoms with Gasteiger partial charge in [-0.2, -0.15) is 0 Å². The Morgan fingerprint density at radius 1 is 0.913 bits per heavy atom. The lowest BCUT2D eigenvalue weighted by atomic mass is 10.1. The maximum Gasteiger partial charge on any atom is 0.343 e. The highest BCUT2D eigenvalue weighted by atomic mass is 19.1. The molecule has 2 aromatic rings. The first-order valence-corrected chi connectivity index (χ1v) is 6.95. The van der Waals surface area contributed by atoms with E-state index in [1.807, 2.05) is 6.92 Å². The second-order valence-corrected chi connectivity index (χ2v) is 4.71. The molecule has 0 heterocycles. The molecule has 4 nitrogen and oxygen atoms in total. The zero-order chi connectivity index (χ0) is 16.8. The summed E-state index contributed by atoms with van der Waals surface area (Å²) in [7, 11) is 0. The fourth-order valence-electron chi connectivity index (χ4n) is 1.77. The highest BCUT2D eigenvalue weighted by Gasteiger charge is 2.12. The SMILES string of the molecule is CCCOC(=O)c1ccc(C(=O)Oc2cc(F)cc(F)c2)cc1. The van der Waals surface area contributed by atoms with E-state index in [-0.39, 0.29) is 11.3 Å². The van der Waals surface area contributed by atoms with Gasteiger partial charge < -0.3 is 9.47 Å². The zero-order valence-corrected chi connectivity index (χ0v) is 12.3. The van der Waals surface area contributed by atoms with Crippen LogP contribution in [0.15, 0.2) is 42.5 Å². The molecular weight excluding hydrogens is 306 g/mol. The quantitative estimate of drug-likeness (QED) is 0.622. The van der Waals surface area contributed by atoms with E-state index < -0.39 is 23.6 Å². The van der Waals surface area contributed by atoms with Crippen LogP contribution in [-0.4, -0.2) is 18.5 Å². The van der Waals surface area contributed by atoms with Crippen LogP contribution in [-0.2, 0) is 4.74 Å². The van der Waals surface area contributed by atoms with E-state index in [2.05, 4.69) is 0 Å². The average molecular weight is 320 g/mol. The van der Waals surface area contributed by atoms with Crippen molar-refractivity contribution < 1.29 is 27.8 Å². The Morgan fingerprint density at radius 2 is 1.43 bits per heavy atom. The minimum absolute atomic E-state index is 0.140.